The van der Waals surface area contributed by atoms with Gasteiger partial charge in [0.2, 0.25) is 17.7 Å². The van der Waals surface area contributed by atoms with Gasteiger partial charge in [-0.2, -0.15) is 0 Å². The highest BCUT2D eigenvalue weighted by molar-refractivity contribution is 6.05. The molecule has 1 unspecified atom stereocenters. The Kier molecular flexibility index (Phi) is 7.35. The fourth-order valence-electron chi connectivity index (χ4n) is 4.72. The summed E-state index contributed by atoms with van der Waals surface area (Å²) >= 11 is 0. The van der Waals surface area contributed by atoms with Crippen molar-refractivity contribution in [1.82, 2.24) is 20.9 Å². The molecule has 3 N–H and O–H groups in total. The predicted molar refractivity (Wildman–Crippen MR) is 139 cm³/mol. The Bertz CT molecular complexity index is 1430. The highest BCUT2D eigenvalue weighted by atomic mass is 16.6. The maximum atomic E-state index is 13.2. The Morgan fingerprint density at radius 3 is 2.41 bits per heavy atom. The maximum absolute atomic E-state index is 13.2. The van der Waals surface area contributed by atoms with Gasteiger partial charge in [0.15, 0.2) is 0 Å². The van der Waals surface area contributed by atoms with Crippen LogP contribution in [0.25, 0.3) is 0 Å². The van der Waals surface area contributed by atoms with Crippen molar-refractivity contribution in [1.29, 1.82) is 0 Å². The van der Waals surface area contributed by atoms with Crippen molar-refractivity contribution in [3.05, 3.63) is 101 Å². The van der Waals surface area contributed by atoms with Crippen molar-refractivity contribution in [2.24, 2.45) is 0 Å². The Hall–Kier alpha value is -4.99. The maximum Gasteiger partial charge on any atom is 0.413 e. The van der Waals surface area contributed by atoms with Crippen LogP contribution in [0.4, 0.5) is 4.79 Å². The van der Waals surface area contributed by atoms with Crippen LogP contribution in [0.15, 0.2) is 78.9 Å². The molecule has 2 aliphatic rings. The minimum atomic E-state index is -0.999. The van der Waals surface area contributed by atoms with E-state index in [1.165, 1.54) is 4.90 Å². The molecule has 2 atom stereocenters. The van der Waals surface area contributed by atoms with Gasteiger partial charge in [0, 0.05) is 25.1 Å². The third-order valence-corrected chi connectivity index (χ3v) is 6.67. The van der Waals surface area contributed by atoms with E-state index in [4.69, 9.17) is 4.74 Å². The molecule has 3 aromatic carbocycles. The predicted octanol–water partition coefficient (Wildman–Crippen LogP) is 2.59. The van der Waals surface area contributed by atoms with Crippen LogP contribution in [0.2, 0.25) is 0 Å². The normalized spacial score (nSPS) is 17.2. The summed E-state index contributed by atoms with van der Waals surface area (Å²) in [6.45, 7) is 0.388. The molecule has 0 aromatic heterocycles. The van der Waals surface area contributed by atoms with Gasteiger partial charge in [0.25, 0.3) is 5.91 Å². The minimum absolute atomic E-state index is 0.150. The summed E-state index contributed by atoms with van der Waals surface area (Å²) in [7, 11) is 0. The lowest BCUT2D eigenvalue weighted by atomic mass is 10.0. The Labute approximate surface area is 224 Å². The molecule has 0 bridgehead atoms. The number of hydrogen-bond acceptors (Lipinski definition) is 6. The van der Waals surface area contributed by atoms with Gasteiger partial charge in [-0.05, 0) is 41.3 Å². The first-order valence-corrected chi connectivity index (χ1v) is 12.5. The molecule has 1 saturated heterocycles. The molecule has 10 nitrogen and oxygen atoms in total. The lowest BCUT2D eigenvalue weighted by molar-refractivity contribution is -0.137. The second-order valence-corrected chi connectivity index (χ2v) is 9.30. The number of nitrogens with one attached hydrogen (secondary N) is 3. The van der Waals surface area contributed by atoms with E-state index in [1.54, 1.807) is 66.7 Å². The first-order valence-electron chi connectivity index (χ1n) is 12.5. The fourth-order valence-corrected chi connectivity index (χ4v) is 4.72. The van der Waals surface area contributed by atoms with Crippen molar-refractivity contribution >= 4 is 29.7 Å². The van der Waals surface area contributed by atoms with E-state index in [2.05, 4.69) is 16.0 Å². The van der Waals surface area contributed by atoms with Gasteiger partial charge < -0.3 is 20.3 Å². The molecule has 0 aliphatic carbocycles. The first kappa shape index (κ1) is 25.7. The van der Waals surface area contributed by atoms with Gasteiger partial charge in [-0.15, -0.1) is 0 Å². The number of nitrogens with zero attached hydrogens (tertiary/aromatic N) is 1. The quantitative estimate of drug-likeness (QED) is 0.405. The number of amides is 5. The molecule has 0 saturated carbocycles. The van der Waals surface area contributed by atoms with Gasteiger partial charge in [0.1, 0.15) is 17.8 Å². The zero-order valence-corrected chi connectivity index (χ0v) is 20.9. The van der Waals surface area contributed by atoms with E-state index >= 15 is 0 Å². The van der Waals surface area contributed by atoms with Gasteiger partial charge in [-0.3, -0.25) is 24.5 Å². The Balaban J connectivity index is 1.25. The van der Waals surface area contributed by atoms with Crippen LogP contribution < -0.4 is 20.7 Å². The van der Waals surface area contributed by atoms with Crippen LogP contribution in [0, 0.1) is 0 Å². The third kappa shape index (κ3) is 5.80. The summed E-state index contributed by atoms with van der Waals surface area (Å²) in [4.78, 5) is 63.9. The topological polar surface area (TPSA) is 134 Å². The van der Waals surface area contributed by atoms with Crippen LogP contribution in [0.3, 0.4) is 0 Å². The molecule has 198 valence electrons. The number of hydrogen-bond donors (Lipinski definition) is 3. The number of rotatable bonds is 7. The first-order chi connectivity index (χ1) is 18.9. The number of fused-ring (bicyclic) bond motifs is 1. The largest absolute Gasteiger partial charge is 0.413 e. The van der Waals surface area contributed by atoms with Crippen molar-refractivity contribution in [3.63, 3.8) is 0 Å². The number of benzene rings is 3. The average Bonchev–Trinajstić information content (AvgIpc) is 3.26. The average molecular weight is 527 g/mol. The van der Waals surface area contributed by atoms with E-state index < -0.39 is 30.0 Å². The third-order valence-electron chi connectivity index (χ3n) is 6.67. The molecule has 10 heteroatoms. The SMILES string of the molecule is O=C1CCC(N2Cc3cc(CNC(=O)[C@@H](NC(=O)Oc4ccccc4)c4ccccc4)ccc3C2=O)C(=O)N1. The molecule has 5 amide bonds. The van der Waals surface area contributed by atoms with Gasteiger partial charge in [-0.1, -0.05) is 60.7 Å². The number of imide groups is 1. The molecule has 2 heterocycles. The highest BCUT2D eigenvalue weighted by Crippen LogP contribution is 2.28. The van der Waals surface area contributed by atoms with E-state index in [0.29, 0.717) is 16.9 Å². The molecule has 39 heavy (non-hydrogen) atoms. The number of piperidine rings is 1. The summed E-state index contributed by atoms with van der Waals surface area (Å²) in [5.74, 6) is -1.16. The molecule has 5 rings (SSSR count). The molecule has 0 spiro atoms. The summed E-state index contributed by atoms with van der Waals surface area (Å²) in [6, 6.07) is 20.9. The second-order valence-electron chi connectivity index (χ2n) is 9.30. The molecular weight excluding hydrogens is 500 g/mol. The van der Waals surface area contributed by atoms with E-state index in [9.17, 15) is 24.0 Å². The number of ether oxygens (including phenoxy) is 1. The monoisotopic (exact) mass is 526 g/mol. The van der Waals surface area contributed by atoms with Crippen molar-refractivity contribution < 1.29 is 28.7 Å². The van der Waals surface area contributed by atoms with E-state index in [-0.39, 0.29) is 37.7 Å². The lowest BCUT2D eigenvalue weighted by Gasteiger charge is -2.29. The summed E-state index contributed by atoms with van der Waals surface area (Å²) in [5.41, 5.74) is 2.56. The molecule has 3 aromatic rings. The summed E-state index contributed by atoms with van der Waals surface area (Å²) in [6.07, 6.45) is -0.299. The summed E-state index contributed by atoms with van der Waals surface area (Å²) < 4.78 is 5.30. The number of carbonyl (C=O) groups excluding carboxylic acids is 5. The number of para-hydroxylation sites is 1. The van der Waals surface area contributed by atoms with Crippen LogP contribution in [0.1, 0.15) is 45.9 Å². The van der Waals surface area contributed by atoms with Gasteiger partial charge >= 0.3 is 6.09 Å². The standard InChI is InChI=1S/C29H26N4O6/c34-24-14-13-23(26(35)31-24)33-17-20-15-18(11-12-22(20)28(33)37)16-30-27(36)25(19-7-3-1-4-8-19)32-29(38)39-21-9-5-2-6-10-21/h1-12,15,23,25H,13-14,16-17H2,(H,30,36)(H,32,38)(H,31,34,35)/t23?,25-/m0/s1. The van der Waals surface area contributed by atoms with E-state index in [1.807, 2.05) is 12.1 Å². The Morgan fingerprint density at radius 1 is 0.974 bits per heavy atom. The molecule has 0 radical (unpaired) electrons. The van der Waals surface area contributed by atoms with Crippen molar-refractivity contribution in [3.8, 4) is 5.75 Å². The zero-order valence-electron chi connectivity index (χ0n) is 20.9. The van der Waals surface area contributed by atoms with Crippen LogP contribution in [-0.4, -0.2) is 40.7 Å². The fraction of sp³-hybridized carbons (Fsp3) is 0.207. The zero-order chi connectivity index (χ0) is 27.4. The van der Waals surface area contributed by atoms with E-state index in [0.717, 1.165) is 11.1 Å². The van der Waals surface area contributed by atoms with Crippen LogP contribution in [0.5, 0.6) is 5.75 Å². The number of carbonyl (C=O) groups is 5. The Morgan fingerprint density at radius 2 is 1.69 bits per heavy atom. The highest BCUT2D eigenvalue weighted by Gasteiger charge is 2.39. The smallest absolute Gasteiger partial charge is 0.410 e. The van der Waals surface area contributed by atoms with Gasteiger partial charge in [0.05, 0.1) is 0 Å². The molecular formula is C29H26N4O6. The van der Waals surface area contributed by atoms with Crippen LogP contribution in [-0.2, 0) is 27.5 Å². The molecule has 2 aliphatic heterocycles. The van der Waals surface area contributed by atoms with Crippen molar-refractivity contribution in [2.45, 2.75) is 38.0 Å². The lowest BCUT2D eigenvalue weighted by Crippen LogP contribution is -2.52. The molecule has 1 fully saturated rings. The summed E-state index contributed by atoms with van der Waals surface area (Å²) in [5, 5.41) is 7.77. The minimum Gasteiger partial charge on any atom is -0.410 e. The van der Waals surface area contributed by atoms with Gasteiger partial charge in [-0.25, -0.2) is 4.79 Å². The van der Waals surface area contributed by atoms with Crippen LogP contribution >= 0.6 is 0 Å². The second kappa shape index (κ2) is 11.2. The van der Waals surface area contributed by atoms with Crippen molar-refractivity contribution in [2.75, 3.05) is 0 Å².